The molecule has 2 unspecified atom stereocenters. The molecule has 3 nitrogen and oxygen atoms in total. The van der Waals surface area contributed by atoms with E-state index in [1.807, 2.05) is 41.7 Å². The molecular formula is C43H47F3NO2S+. The lowest BCUT2D eigenvalue weighted by atomic mass is 9.78. The number of hydrogen-bond donors (Lipinski definition) is 1. The molecule has 0 saturated carbocycles. The van der Waals surface area contributed by atoms with Gasteiger partial charge in [0.05, 0.1) is 24.2 Å². The molecule has 1 aliphatic rings. The standard InChI is InChI=1S/C43H47F3NO2S/c1-25(2)36-34-17-19-47-38(33(24-48)18-20-49-8)28(5)37-27(4)21-26(3)22-35(37)39(47)41(34)50-40(36)32-15-13-31(14-16-32)30-11-9-29(10-12-30)23-42(6,7)43(44,45)46/h9-19,21-22,25,28,38,48H,20,23-24H2,1-8H3/q+1/b33-18+. The van der Waals surface area contributed by atoms with Crippen molar-refractivity contribution in [3.8, 4) is 32.8 Å². The molecule has 2 aromatic heterocycles. The van der Waals surface area contributed by atoms with E-state index in [1.54, 1.807) is 7.11 Å². The lowest BCUT2D eigenvalue weighted by molar-refractivity contribution is -0.708. The van der Waals surface area contributed by atoms with Gasteiger partial charge in [0.2, 0.25) is 5.69 Å². The van der Waals surface area contributed by atoms with Gasteiger partial charge in [-0.3, -0.25) is 0 Å². The SMILES string of the molecule is COC/C=C(\CO)C1C(C)c2c(C)cc(C)cc2-c2c3sc(-c4ccc(-c5ccc(CC(C)(C)C(F)(F)F)cc5)cc4)c(C(C)C)c3cc[n+]21. The summed E-state index contributed by atoms with van der Waals surface area (Å²) in [5, 5.41) is 11.9. The Morgan fingerprint density at radius 1 is 0.960 bits per heavy atom. The summed E-state index contributed by atoms with van der Waals surface area (Å²) >= 11 is 1.83. The fourth-order valence-corrected chi connectivity index (χ4v) is 9.33. The van der Waals surface area contributed by atoms with E-state index >= 15 is 0 Å². The van der Waals surface area contributed by atoms with Crippen LogP contribution in [0.5, 0.6) is 0 Å². The Kier molecular flexibility index (Phi) is 9.90. The van der Waals surface area contributed by atoms with Gasteiger partial charge in [-0.1, -0.05) is 101 Å². The Morgan fingerprint density at radius 3 is 2.16 bits per heavy atom. The van der Waals surface area contributed by atoms with Crippen molar-refractivity contribution in [3.05, 3.63) is 112 Å². The number of ether oxygens (including phenoxy) is 1. The highest BCUT2D eigenvalue weighted by Gasteiger charge is 2.47. The van der Waals surface area contributed by atoms with Gasteiger partial charge < -0.3 is 9.84 Å². The number of pyridine rings is 1. The Hall–Kier alpha value is -3.78. The Labute approximate surface area is 298 Å². The summed E-state index contributed by atoms with van der Waals surface area (Å²) in [6, 6.07) is 22.8. The van der Waals surface area contributed by atoms with E-state index in [1.165, 1.54) is 62.3 Å². The molecule has 7 heteroatoms. The summed E-state index contributed by atoms with van der Waals surface area (Å²) in [5.41, 5.74) is 10.5. The summed E-state index contributed by atoms with van der Waals surface area (Å²) < 4.78 is 49.4. The molecule has 0 spiro atoms. The number of thiophene rings is 1. The number of rotatable bonds is 9. The number of benzene rings is 3. The van der Waals surface area contributed by atoms with Gasteiger partial charge in [-0.25, -0.2) is 0 Å². The number of halogens is 3. The second kappa shape index (κ2) is 13.7. The van der Waals surface area contributed by atoms with Crippen molar-refractivity contribution in [1.29, 1.82) is 0 Å². The topological polar surface area (TPSA) is 33.3 Å². The van der Waals surface area contributed by atoms with Gasteiger partial charge in [0, 0.05) is 34.9 Å². The molecule has 6 rings (SSSR count). The third kappa shape index (κ3) is 6.44. The molecule has 262 valence electrons. The van der Waals surface area contributed by atoms with Crippen molar-refractivity contribution in [1.82, 2.24) is 0 Å². The summed E-state index contributed by atoms with van der Waals surface area (Å²) in [6.07, 6.45) is -0.0867. The highest BCUT2D eigenvalue weighted by atomic mass is 32.1. The van der Waals surface area contributed by atoms with Gasteiger partial charge in [-0.2, -0.15) is 17.7 Å². The zero-order chi connectivity index (χ0) is 36.1. The maximum absolute atomic E-state index is 13.5. The summed E-state index contributed by atoms with van der Waals surface area (Å²) in [6.45, 7) is 14.0. The molecule has 1 aliphatic heterocycles. The molecular weight excluding hydrogens is 652 g/mol. The number of aliphatic hydroxyl groups is 1. The van der Waals surface area contributed by atoms with Gasteiger partial charge in [0.15, 0.2) is 12.2 Å². The van der Waals surface area contributed by atoms with Crippen LogP contribution >= 0.6 is 11.3 Å². The lowest BCUT2D eigenvalue weighted by Crippen LogP contribution is -2.48. The molecule has 0 fully saturated rings. The van der Waals surface area contributed by atoms with Crippen LogP contribution in [0.4, 0.5) is 13.2 Å². The number of methoxy groups -OCH3 is 1. The molecule has 1 N–H and O–H groups in total. The van der Waals surface area contributed by atoms with Crippen molar-refractivity contribution in [3.63, 3.8) is 0 Å². The minimum absolute atomic E-state index is 0.0450. The Balaban J connectivity index is 1.46. The van der Waals surface area contributed by atoms with Crippen LogP contribution in [-0.2, 0) is 11.2 Å². The first-order chi connectivity index (χ1) is 23.7. The van der Waals surface area contributed by atoms with Crippen molar-refractivity contribution in [2.24, 2.45) is 5.41 Å². The zero-order valence-corrected chi connectivity index (χ0v) is 31.0. The molecule has 3 heterocycles. The number of fused-ring (bicyclic) bond motifs is 5. The predicted octanol–water partition coefficient (Wildman–Crippen LogP) is 11.3. The van der Waals surface area contributed by atoms with Crippen molar-refractivity contribution < 1.29 is 27.6 Å². The van der Waals surface area contributed by atoms with Crippen LogP contribution in [0.2, 0.25) is 0 Å². The highest BCUT2D eigenvalue weighted by molar-refractivity contribution is 7.23. The van der Waals surface area contributed by atoms with Crippen LogP contribution in [0.3, 0.4) is 0 Å². The average molecular weight is 699 g/mol. The third-order valence-electron chi connectivity index (χ3n) is 10.4. The maximum atomic E-state index is 13.5. The summed E-state index contributed by atoms with van der Waals surface area (Å²) in [4.78, 5) is 1.23. The molecule has 0 aliphatic carbocycles. The molecule has 3 aromatic carbocycles. The van der Waals surface area contributed by atoms with Crippen LogP contribution in [0.1, 0.15) is 80.3 Å². The quantitative estimate of drug-likeness (QED) is 0.123. The fourth-order valence-electron chi connectivity index (χ4n) is 7.81. The van der Waals surface area contributed by atoms with Crippen LogP contribution < -0.4 is 4.57 Å². The Morgan fingerprint density at radius 2 is 1.58 bits per heavy atom. The van der Waals surface area contributed by atoms with E-state index < -0.39 is 11.6 Å². The first kappa shape index (κ1) is 36.0. The molecule has 2 atom stereocenters. The van der Waals surface area contributed by atoms with E-state index in [9.17, 15) is 18.3 Å². The number of hydrogen-bond acceptors (Lipinski definition) is 3. The predicted molar refractivity (Wildman–Crippen MR) is 200 cm³/mol. The van der Waals surface area contributed by atoms with E-state index in [-0.39, 0.29) is 30.9 Å². The summed E-state index contributed by atoms with van der Waals surface area (Å²) in [5.74, 6) is 0.430. The lowest BCUT2D eigenvalue weighted by Gasteiger charge is -2.31. The number of aryl methyl sites for hydroxylation is 2. The van der Waals surface area contributed by atoms with Crippen molar-refractivity contribution in [2.45, 2.75) is 78.9 Å². The van der Waals surface area contributed by atoms with Crippen molar-refractivity contribution >= 4 is 21.4 Å². The number of nitrogens with zero attached hydrogens (tertiary/aromatic N) is 1. The molecule has 0 saturated heterocycles. The van der Waals surface area contributed by atoms with Crippen molar-refractivity contribution in [2.75, 3.05) is 20.3 Å². The van der Waals surface area contributed by atoms with E-state index in [0.717, 1.165) is 22.3 Å². The largest absolute Gasteiger partial charge is 0.394 e. The van der Waals surface area contributed by atoms with Gasteiger partial charge in [-0.15, -0.1) is 11.3 Å². The fraction of sp³-hybridized carbons (Fsp3) is 0.372. The first-order valence-corrected chi connectivity index (χ1v) is 18.2. The highest BCUT2D eigenvalue weighted by Crippen LogP contribution is 2.50. The zero-order valence-electron chi connectivity index (χ0n) is 30.2. The number of aromatic nitrogens is 1. The maximum Gasteiger partial charge on any atom is 0.394 e. The van der Waals surface area contributed by atoms with Gasteiger partial charge in [-0.05, 0) is 71.2 Å². The molecule has 0 amide bonds. The second-order valence-electron chi connectivity index (χ2n) is 14.8. The van der Waals surface area contributed by atoms with Gasteiger partial charge in [0.25, 0.3) is 0 Å². The van der Waals surface area contributed by atoms with Crippen LogP contribution in [0.25, 0.3) is 42.9 Å². The second-order valence-corrected chi connectivity index (χ2v) is 15.8. The third-order valence-corrected chi connectivity index (χ3v) is 11.7. The number of aliphatic hydroxyl groups excluding tert-OH is 1. The molecule has 0 radical (unpaired) electrons. The normalized spacial score (nSPS) is 16.6. The number of alkyl halides is 3. The van der Waals surface area contributed by atoms with Crippen LogP contribution in [0.15, 0.2) is 84.6 Å². The molecule has 0 bridgehead atoms. The Bertz CT molecular complexity index is 2050. The van der Waals surface area contributed by atoms with E-state index in [0.29, 0.717) is 12.2 Å². The molecule has 50 heavy (non-hydrogen) atoms. The van der Waals surface area contributed by atoms with Crippen LogP contribution in [0, 0.1) is 19.3 Å². The smallest absolute Gasteiger partial charge is 0.392 e. The van der Waals surface area contributed by atoms with Gasteiger partial charge in [0.1, 0.15) is 4.70 Å². The van der Waals surface area contributed by atoms with E-state index in [2.05, 4.69) is 87.8 Å². The minimum Gasteiger partial charge on any atom is -0.392 e. The van der Waals surface area contributed by atoms with E-state index in [4.69, 9.17) is 4.74 Å². The monoisotopic (exact) mass is 698 g/mol. The first-order valence-electron chi connectivity index (χ1n) is 17.3. The summed E-state index contributed by atoms with van der Waals surface area (Å²) in [7, 11) is 1.68. The molecule has 5 aromatic rings. The minimum atomic E-state index is -4.26. The average Bonchev–Trinajstić information content (AvgIpc) is 3.45. The van der Waals surface area contributed by atoms with Gasteiger partial charge >= 0.3 is 6.18 Å². The van der Waals surface area contributed by atoms with Crippen LogP contribution in [-0.4, -0.2) is 31.6 Å².